The number of ketones is 1. The van der Waals surface area contributed by atoms with Gasteiger partial charge in [-0.1, -0.05) is 30.1 Å². The summed E-state index contributed by atoms with van der Waals surface area (Å²) in [6, 6.07) is 1.32. The first-order chi connectivity index (χ1) is 13.9. The maximum Gasteiger partial charge on any atom is 0.173 e. The standard InChI is InChI=1S/C21H26Cl2N2O3S/c1-4-10-25-14-8-7-9-15(26)16(14)18(24-21(25)29)12-11-13(22)20(28-6-3)17(23)19(12)27-5-2/h11,18H,4-10H2,1-3H3,(H,24,29). The van der Waals surface area contributed by atoms with Crippen LogP contribution in [0.3, 0.4) is 0 Å². The number of rotatable bonds is 7. The van der Waals surface area contributed by atoms with Crippen LogP contribution in [-0.2, 0) is 4.79 Å². The van der Waals surface area contributed by atoms with E-state index in [4.69, 9.17) is 44.9 Å². The van der Waals surface area contributed by atoms with Crippen molar-refractivity contribution in [1.29, 1.82) is 0 Å². The smallest absolute Gasteiger partial charge is 0.173 e. The lowest BCUT2D eigenvalue weighted by molar-refractivity contribution is -0.116. The van der Waals surface area contributed by atoms with Crippen LogP contribution in [-0.4, -0.2) is 35.6 Å². The van der Waals surface area contributed by atoms with E-state index < -0.39 is 6.04 Å². The molecule has 0 amide bonds. The first kappa shape index (κ1) is 22.2. The summed E-state index contributed by atoms with van der Waals surface area (Å²) in [5.74, 6) is 0.977. The molecule has 0 radical (unpaired) electrons. The monoisotopic (exact) mass is 456 g/mol. The van der Waals surface area contributed by atoms with E-state index in [1.807, 2.05) is 13.8 Å². The average molecular weight is 457 g/mol. The summed E-state index contributed by atoms with van der Waals surface area (Å²) < 4.78 is 11.5. The number of halogens is 2. The predicted octanol–water partition coefficient (Wildman–Crippen LogP) is 5.44. The molecule has 3 rings (SSSR count). The van der Waals surface area contributed by atoms with Gasteiger partial charge in [-0.05, 0) is 51.4 Å². The van der Waals surface area contributed by atoms with Crippen molar-refractivity contribution in [3.8, 4) is 11.5 Å². The summed E-state index contributed by atoms with van der Waals surface area (Å²) in [6.07, 6.45) is 3.10. The lowest BCUT2D eigenvalue weighted by atomic mass is 9.84. The average Bonchev–Trinajstić information content (AvgIpc) is 2.69. The number of benzene rings is 1. The quantitative estimate of drug-likeness (QED) is 0.551. The molecule has 1 aliphatic carbocycles. The topological polar surface area (TPSA) is 50.8 Å². The van der Waals surface area contributed by atoms with Crippen molar-refractivity contribution in [2.75, 3.05) is 19.8 Å². The molecule has 1 N–H and O–H groups in total. The second-order valence-corrected chi connectivity index (χ2v) is 8.13. The lowest BCUT2D eigenvalue weighted by Gasteiger charge is -2.41. The highest BCUT2D eigenvalue weighted by atomic mass is 35.5. The maximum atomic E-state index is 13.0. The summed E-state index contributed by atoms with van der Waals surface area (Å²) >= 11 is 18.8. The molecule has 1 aliphatic heterocycles. The van der Waals surface area contributed by atoms with E-state index in [-0.39, 0.29) is 5.78 Å². The number of allylic oxidation sites excluding steroid dienone is 1. The largest absolute Gasteiger partial charge is 0.492 e. The van der Waals surface area contributed by atoms with Gasteiger partial charge in [0.2, 0.25) is 0 Å². The molecular weight excluding hydrogens is 431 g/mol. The van der Waals surface area contributed by atoms with Crippen LogP contribution in [0.4, 0.5) is 0 Å². The van der Waals surface area contributed by atoms with E-state index >= 15 is 0 Å². The van der Waals surface area contributed by atoms with E-state index in [1.54, 1.807) is 6.07 Å². The van der Waals surface area contributed by atoms with E-state index in [0.29, 0.717) is 51.9 Å². The van der Waals surface area contributed by atoms with E-state index in [2.05, 4.69) is 17.1 Å². The summed E-state index contributed by atoms with van der Waals surface area (Å²) in [5, 5.41) is 4.64. The number of hydrogen-bond donors (Lipinski definition) is 1. The van der Waals surface area contributed by atoms with Gasteiger partial charge in [0.25, 0.3) is 0 Å². The molecule has 1 unspecified atom stereocenters. The van der Waals surface area contributed by atoms with Crippen LogP contribution in [0.15, 0.2) is 17.3 Å². The fourth-order valence-corrected chi connectivity index (χ4v) is 4.88. The molecule has 158 valence electrons. The van der Waals surface area contributed by atoms with E-state index in [9.17, 15) is 4.79 Å². The fourth-order valence-electron chi connectivity index (χ4n) is 3.93. The Hall–Kier alpha value is -1.50. The van der Waals surface area contributed by atoms with Gasteiger partial charge in [0.15, 0.2) is 16.6 Å². The van der Waals surface area contributed by atoms with Gasteiger partial charge in [-0.25, -0.2) is 0 Å². The van der Waals surface area contributed by atoms with Crippen LogP contribution in [0.5, 0.6) is 11.5 Å². The molecule has 1 atom stereocenters. The van der Waals surface area contributed by atoms with Crippen molar-refractivity contribution in [3.05, 3.63) is 32.9 Å². The van der Waals surface area contributed by atoms with E-state index in [1.165, 1.54) is 0 Å². The Morgan fingerprint density at radius 3 is 2.52 bits per heavy atom. The number of carbonyl (C=O) groups is 1. The minimum absolute atomic E-state index is 0.121. The third kappa shape index (κ3) is 4.21. The number of hydrogen-bond acceptors (Lipinski definition) is 4. The maximum absolute atomic E-state index is 13.0. The molecule has 5 nitrogen and oxygen atoms in total. The van der Waals surface area contributed by atoms with Crippen molar-refractivity contribution in [1.82, 2.24) is 10.2 Å². The molecule has 1 aromatic rings. The summed E-state index contributed by atoms with van der Waals surface area (Å²) in [4.78, 5) is 15.0. The highest BCUT2D eigenvalue weighted by Gasteiger charge is 2.39. The van der Waals surface area contributed by atoms with Gasteiger partial charge in [0.05, 0.1) is 24.3 Å². The highest BCUT2D eigenvalue weighted by Crippen LogP contribution is 2.48. The zero-order chi connectivity index (χ0) is 21.1. The number of thiocarbonyl (C=S) groups is 1. The number of carbonyl (C=O) groups excluding carboxylic acids is 1. The number of nitrogens with zero attached hydrogens (tertiary/aromatic N) is 1. The van der Waals surface area contributed by atoms with Gasteiger partial charge >= 0.3 is 0 Å². The van der Waals surface area contributed by atoms with Crippen molar-refractivity contribution in [3.63, 3.8) is 0 Å². The normalized spacial score (nSPS) is 19.2. The van der Waals surface area contributed by atoms with Gasteiger partial charge in [-0.15, -0.1) is 0 Å². The first-order valence-corrected chi connectivity index (χ1v) is 11.2. The molecule has 0 bridgehead atoms. The molecule has 0 saturated carbocycles. The third-order valence-electron chi connectivity index (χ3n) is 5.05. The minimum Gasteiger partial charge on any atom is -0.492 e. The van der Waals surface area contributed by atoms with Crippen molar-refractivity contribution in [2.45, 2.75) is 52.5 Å². The summed E-state index contributed by atoms with van der Waals surface area (Å²) in [5.41, 5.74) is 2.43. The second-order valence-electron chi connectivity index (χ2n) is 6.96. The minimum atomic E-state index is -0.453. The lowest BCUT2D eigenvalue weighted by Crippen LogP contribution is -2.49. The van der Waals surface area contributed by atoms with Crippen molar-refractivity contribution < 1.29 is 14.3 Å². The van der Waals surface area contributed by atoms with Crippen LogP contribution < -0.4 is 14.8 Å². The molecule has 0 spiro atoms. The molecule has 29 heavy (non-hydrogen) atoms. The molecule has 0 fully saturated rings. The third-order valence-corrected chi connectivity index (χ3v) is 6.01. The SMILES string of the molecule is CCCN1C(=S)NC(c2cc(Cl)c(OCC)c(Cl)c2OCC)C2=C1CCCC2=O. The van der Waals surface area contributed by atoms with Gasteiger partial charge in [0, 0.05) is 29.8 Å². The number of Topliss-reactive ketones (excluding diaryl/α,β-unsaturated/α-hetero) is 1. The van der Waals surface area contributed by atoms with Crippen molar-refractivity contribution >= 4 is 46.3 Å². The Morgan fingerprint density at radius 1 is 1.17 bits per heavy atom. The molecule has 2 aliphatic rings. The zero-order valence-corrected chi connectivity index (χ0v) is 19.3. The van der Waals surface area contributed by atoms with Crippen LogP contribution in [0, 0.1) is 0 Å². The second kappa shape index (κ2) is 9.54. The predicted molar refractivity (Wildman–Crippen MR) is 120 cm³/mol. The van der Waals surface area contributed by atoms with Gasteiger partial charge in [0.1, 0.15) is 10.8 Å². The number of ether oxygens (including phenoxy) is 2. The Balaban J connectivity index is 2.19. The molecule has 0 aromatic heterocycles. The van der Waals surface area contributed by atoms with Gasteiger partial charge in [-0.2, -0.15) is 0 Å². The Morgan fingerprint density at radius 2 is 1.86 bits per heavy atom. The first-order valence-electron chi connectivity index (χ1n) is 10.1. The Labute approximate surface area is 187 Å². The zero-order valence-electron chi connectivity index (χ0n) is 16.9. The highest BCUT2D eigenvalue weighted by molar-refractivity contribution is 7.80. The Bertz CT molecular complexity index is 857. The Kier molecular flexibility index (Phi) is 7.30. The van der Waals surface area contributed by atoms with Crippen LogP contribution in [0.1, 0.15) is 58.1 Å². The molecule has 0 saturated heterocycles. The summed E-state index contributed by atoms with van der Waals surface area (Å²) in [6.45, 7) is 7.46. The molecule has 1 aromatic carbocycles. The van der Waals surface area contributed by atoms with E-state index in [0.717, 1.165) is 37.1 Å². The van der Waals surface area contributed by atoms with Crippen LogP contribution in [0.2, 0.25) is 10.0 Å². The van der Waals surface area contributed by atoms with Crippen molar-refractivity contribution in [2.24, 2.45) is 0 Å². The fraction of sp³-hybridized carbons (Fsp3) is 0.524. The molecule has 1 heterocycles. The summed E-state index contributed by atoms with van der Waals surface area (Å²) in [7, 11) is 0. The number of nitrogens with one attached hydrogen (secondary N) is 1. The van der Waals surface area contributed by atoms with Crippen LogP contribution >= 0.6 is 35.4 Å². The van der Waals surface area contributed by atoms with Gasteiger partial charge < -0.3 is 19.7 Å². The molecule has 8 heteroatoms. The van der Waals surface area contributed by atoms with Crippen LogP contribution in [0.25, 0.3) is 0 Å². The molecular formula is C21H26Cl2N2O3S. The van der Waals surface area contributed by atoms with Gasteiger partial charge in [-0.3, -0.25) is 4.79 Å².